The van der Waals surface area contributed by atoms with Crippen molar-refractivity contribution in [1.29, 1.82) is 0 Å². The van der Waals surface area contributed by atoms with Crippen LogP contribution in [-0.2, 0) is 23.1 Å². The SMILES string of the molecule is NCc1sccc1S(=O)(=O)NCc1ccc(F)cc1. The fourth-order valence-electron chi connectivity index (χ4n) is 1.58. The molecule has 7 heteroatoms. The summed E-state index contributed by atoms with van der Waals surface area (Å²) in [4.78, 5) is 0.828. The van der Waals surface area contributed by atoms with Gasteiger partial charge in [0.1, 0.15) is 5.82 Å². The summed E-state index contributed by atoms with van der Waals surface area (Å²) in [6, 6.07) is 7.18. The summed E-state index contributed by atoms with van der Waals surface area (Å²) in [6.07, 6.45) is 0. The summed E-state index contributed by atoms with van der Waals surface area (Å²) in [5.74, 6) is -0.352. The predicted octanol–water partition coefficient (Wildman–Crippen LogP) is 1.82. The highest BCUT2D eigenvalue weighted by molar-refractivity contribution is 7.89. The van der Waals surface area contributed by atoms with Crippen LogP contribution in [0.4, 0.5) is 4.39 Å². The molecule has 0 unspecified atom stereocenters. The van der Waals surface area contributed by atoms with Crippen molar-refractivity contribution in [3.05, 3.63) is 52.0 Å². The van der Waals surface area contributed by atoms with Gasteiger partial charge >= 0.3 is 0 Å². The van der Waals surface area contributed by atoms with E-state index in [0.29, 0.717) is 10.4 Å². The Morgan fingerprint density at radius 1 is 1.21 bits per heavy atom. The van der Waals surface area contributed by atoms with Crippen molar-refractivity contribution in [2.45, 2.75) is 18.0 Å². The molecule has 0 fully saturated rings. The maximum absolute atomic E-state index is 12.7. The number of halogens is 1. The molecule has 0 spiro atoms. The van der Waals surface area contributed by atoms with E-state index in [-0.39, 0.29) is 23.8 Å². The minimum absolute atomic E-state index is 0.114. The summed E-state index contributed by atoms with van der Waals surface area (Å²) in [5.41, 5.74) is 6.18. The monoisotopic (exact) mass is 300 g/mol. The van der Waals surface area contributed by atoms with Crippen LogP contribution in [0.1, 0.15) is 10.4 Å². The van der Waals surface area contributed by atoms with E-state index in [4.69, 9.17) is 5.73 Å². The number of thiophene rings is 1. The van der Waals surface area contributed by atoms with Crippen LogP contribution in [0.5, 0.6) is 0 Å². The third kappa shape index (κ3) is 3.38. The molecule has 0 aliphatic heterocycles. The van der Waals surface area contributed by atoms with Gasteiger partial charge in [-0.1, -0.05) is 12.1 Å². The van der Waals surface area contributed by atoms with Gasteiger partial charge in [-0.2, -0.15) is 0 Å². The number of benzene rings is 1. The van der Waals surface area contributed by atoms with E-state index in [1.165, 1.54) is 41.7 Å². The second kappa shape index (κ2) is 5.79. The normalized spacial score (nSPS) is 11.7. The topological polar surface area (TPSA) is 72.2 Å². The Labute approximate surface area is 115 Å². The van der Waals surface area contributed by atoms with Gasteiger partial charge in [-0.25, -0.2) is 17.5 Å². The Morgan fingerprint density at radius 2 is 1.89 bits per heavy atom. The zero-order chi connectivity index (χ0) is 13.9. The summed E-state index contributed by atoms with van der Waals surface area (Å²) < 4.78 is 39.4. The molecule has 0 radical (unpaired) electrons. The Balaban J connectivity index is 2.12. The summed E-state index contributed by atoms with van der Waals surface area (Å²) in [6.45, 7) is 0.299. The van der Waals surface area contributed by atoms with Crippen LogP contribution in [0, 0.1) is 5.82 Å². The van der Waals surface area contributed by atoms with E-state index in [0.717, 1.165) is 0 Å². The van der Waals surface area contributed by atoms with E-state index in [9.17, 15) is 12.8 Å². The van der Waals surface area contributed by atoms with Gasteiger partial charge in [-0.15, -0.1) is 11.3 Å². The Bertz CT molecular complexity index is 651. The van der Waals surface area contributed by atoms with Crippen molar-refractivity contribution in [2.24, 2.45) is 5.73 Å². The lowest BCUT2D eigenvalue weighted by atomic mass is 10.2. The molecule has 0 bridgehead atoms. The summed E-state index contributed by atoms with van der Waals surface area (Å²) in [7, 11) is -3.58. The average Bonchev–Trinajstić information content (AvgIpc) is 2.87. The van der Waals surface area contributed by atoms with Crippen molar-refractivity contribution >= 4 is 21.4 Å². The van der Waals surface area contributed by atoms with Gasteiger partial charge in [-0.05, 0) is 29.1 Å². The molecule has 1 heterocycles. The van der Waals surface area contributed by atoms with E-state index in [1.54, 1.807) is 5.38 Å². The van der Waals surface area contributed by atoms with Crippen LogP contribution in [0.25, 0.3) is 0 Å². The Morgan fingerprint density at radius 3 is 2.53 bits per heavy atom. The molecular formula is C12H13FN2O2S2. The maximum atomic E-state index is 12.7. The highest BCUT2D eigenvalue weighted by atomic mass is 32.2. The molecule has 0 saturated heterocycles. The van der Waals surface area contributed by atoms with Gasteiger partial charge in [0.2, 0.25) is 10.0 Å². The number of hydrogen-bond donors (Lipinski definition) is 2. The first-order valence-corrected chi connectivity index (χ1v) is 7.90. The molecule has 1 aromatic heterocycles. The first-order chi connectivity index (χ1) is 9.03. The minimum atomic E-state index is -3.58. The van der Waals surface area contributed by atoms with E-state index in [2.05, 4.69) is 4.72 Å². The number of nitrogens with two attached hydrogens (primary N) is 1. The molecule has 2 rings (SSSR count). The number of sulfonamides is 1. The van der Waals surface area contributed by atoms with Crippen molar-refractivity contribution in [3.8, 4) is 0 Å². The van der Waals surface area contributed by atoms with Crippen molar-refractivity contribution in [1.82, 2.24) is 4.72 Å². The zero-order valence-corrected chi connectivity index (χ0v) is 11.6. The van der Waals surface area contributed by atoms with Gasteiger partial charge in [0.25, 0.3) is 0 Å². The van der Waals surface area contributed by atoms with E-state index >= 15 is 0 Å². The molecule has 4 nitrogen and oxygen atoms in total. The molecule has 0 aliphatic carbocycles. The number of nitrogens with one attached hydrogen (secondary N) is 1. The minimum Gasteiger partial charge on any atom is -0.326 e. The van der Waals surface area contributed by atoms with Gasteiger partial charge in [-0.3, -0.25) is 0 Å². The van der Waals surface area contributed by atoms with Crippen LogP contribution < -0.4 is 10.5 Å². The molecule has 0 amide bonds. The van der Waals surface area contributed by atoms with Gasteiger partial charge in [0.15, 0.2) is 0 Å². The van der Waals surface area contributed by atoms with Crippen molar-refractivity contribution in [2.75, 3.05) is 0 Å². The lowest BCUT2D eigenvalue weighted by Crippen LogP contribution is -2.24. The smallest absolute Gasteiger partial charge is 0.242 e. The third-order valence-electron chi connectivity index (χ3n) is 2.56. The molecule has 0 saturated carbocycles. The van der Waals surface area contributed by atoms with Gasteiger partial charge in [0.05, 0.1) is 4.90 Å². The molecule has 1 aromatic carbocycles. The largest absolute Gasteiger partial charge is 0.326 e. The average molecular weight is 300 g/mol. The van der Waals surface area contributed by atoms with E-state index < -0.39 is 10.0 Å². The first-order valence-electron chi connectivity index (χ1n) is 5.53. The highest BCUT2D eigenvalue weighted by Crippen LogP contribution is 2.21. The van der Waals surface area contributed by atoms with Crippen LogP contribution in [0.3, 0.4) is 0 Å². The molecule has 0 atom stereocenters. The maximum Gasteiger partial charge on any atom is 0.242 e. The molecule has 19 heavy (non-hydrogen) atoms. The quantitative estimate of drug-likeness (QED) is 0.885. The Kier molecular flexibility index (Phi) is 4.31. The fraction of sp³-hybridized carbons (Fsp3) is 0.167. The summed E-state index contributed by atoms with van der Waals surface area (Å²) in [5, 5.41) is 1.69. The molecule has 3 N–H and O–H groups in total. The third-order valence-corrected chi connectivity index (χ3v) is 5.12. The Hall–Kier alpha value is -1.28. The van der Waals surface area contributed by atoms with Gasteiger partial charge < -0.3 is 5.73 Å². The van der Waals surface area contributed by atoms with Crippen molar-refractivity contribution in [3.63, 3.8) is 0 Å². The lowest BCUT2D eigenvalue weighted by molar-refractivity contribution is 0.580. The predicted molar refractivity (Wildman–Crippen MR) is 72.6 cm³/mol. The van der Waals surface area contributed by atoms with Crippen LogP contribution in [0.2, 0.25) is 0 Å². The lowest BCUT2D eigenvalue weighted by Gasteiger charge is -2.07. The molecule has 0 aliphatic rings. The number of rotatable bonds is 5. The molecule has 2 aromatic rings. The van der Waals surface area contributed by atoms with Crippen LogP contribution in [0.15, 0.2) is 40.6 Å². The van der Waals surface area contributed by atoms with Crippen molar-refractivity contribution < 1.29 is 12.8 Å². The fourth-order valence-corrected chi connectivity index (χ4v) is 3.93. The van der Waals surface area contributed by atoms with Gasteiger partial charge in [0, 0.05) is 18.0 Å². The number of hydrogen-bond acceptors (Lipinski definition) is 4. The second-order valence-corrected chi connectivity index (χ2v) is 6.60. The van der Waals surface area contributed by atoms with Crippen LogP contribution >= 0.6 is 11.3 Å². The first kappa shape index (κ1) is 14.1. The standard InChI is InChI=1S/C12H13FN2O2S2/c13-10-3-1-9(2-4-10)8-15-19(16,17)12-5-6-18-11(12)7-14/h1-6,15H,7-8,14H2. The van der Waals surface area contributed by atoms with Crippen LogP contribution in [-0.4, -0.2) is 8.42 Å². The molecule has 102 valence electrons. The molecular weight excluding hydrogens is 287 g/mol. The second-order valence-electron chi connectivity index (χ2n) is 3.86. The summed E-state index contributed by atoms with van der Waals surface area (Å²) >= 11 is 1.31. The van der Waals surface area contributed by atoms with E-state index in [1.807, 2.05) is 0 Å². The zero-order valence-electron chi connectivity index (χ0n) is 9.97. The highest BCUT2D eigenvalue weighted by Gasteiger charge is 2.18.